The number of nitrogens with one attached hydrogen (secondary N) is 1. The van der Waals surface area contributed by atoms with E-state index in [1.54, 1.807) is 5.57 Å². The summed E-state index contributed by atoms with van der Waals surface area (Å²) in [6.45, 7) is 6.82. The summed E-state index contributed by atoms with van der Waals surface area (Å²) >= 11 is 0. The summed E-state index contributed by atoms with van der Waals surface area (Å²) in [6.07, 6.45) is 13.3. The molecular weight excluding hydrogens is 310 g/mol. The minimum absolute atomic E-state index is 0.466. The molecule has 3 aliphatic rings. The van der Waals surface area contributed by atoms with E-state index >= 15 is 0 Å². The van der Waals surface area contributed by atoms with Crippen LogP contribution in [0.4, 0.5) is 11.8 Å². The smallest absolute Gasteiger partial charge is 0.224 e. The molecule has 2 aliphatic heterocycles. The van der Waals surface area contributed by atoms with Crippen molar-refractivity contribution >= 4 is 11.8 Å². The molecule has 0 aromatic carbocycles. The average Bonchev–Trinajstić information content (AvgIpc) is 3.15. The van der Waals surface area contributed by atoms with Gasteiger partial charge in [-0.2, -0.15) is 4.98 Å². The van der Waals surface area contributed by atoms with Gasteiger partial charge in [-0.15, -0.1) is 0 Å². The van der Waals surface area contributed by atoms with Gasteiger partial charge in [0, 0.05) is 44.5 Å². The van der Waals surface area contributed by atoms with Gasteiger partial charge in [0.25, 0.3) is 0 Å². The summed E-state index contributed by atoms with van der Waals surface area (Å²) in [5.74, 6) is 1.89. The monoisotopic (exact) mass is 341 g/mol. The van der Waals surface area contributed by atoms with Crippen LogP contribution in [-0.2, 0) is 0 Å². The predicted molar refractivity (Wildman–Crippen MR) is 103 cm³/mol. The zero-order chi connectivity index (χ0) is 17.1. The fourth-order valence-corrected chi connectivity index (χ4v) is 4.57. The number of hydrogen-bond acceptors (Lipinski definition) is 5. The molecule has 2 unspecified atom stereocenters. The molecule has 4 rings (SSSR count). The number of anilines is 2. The van der Waals surface area contributed by atoms with Crippen molar-refractivity contribution in [2.75, 3.05) is 36.4 Å². The van der Waals surface area contributed by atoms with E-state index < -0.39 is 0 Å². The normalized spacial score (nSPS) is 28.0. The molecule has 0 spiro atoms. The fraction of sp³-hybridized carbons (Fsp3) is 0.700. The Labute approximate surface area is 151 Å². The predicted octanol–water partition coefficient (Wildman–Crippen LogP) is 3.45. The second kappa shape index (κ2) is 7.73. The van der Waals surface area contributed by atoms with Gasteiger partial charge in [0.2, 0.25) is 5.95 Å². The lowest BCUT2D eigenvalue weighted by molar-refractivity contribution is 0.269. The maximum atomic E-state index is 4.81. The van der Waals surface area contributed by atoms with Crippen molar-refractivity contribution in [3.8, 4) is 0 Å². The van der Waals surface area contributed by atoms with E-state index in [-0.39, 0.29) is 0 Å². The van der Waals surface area contributed by atoms with Crippen LogP contribution in [0.1, 0.15) is 51.9 Å². The van der Waals surface area contributed by atoms with Crippen molar-refractivity contribution in [3.05, 3.63) is 23.9 Å². The summed E-state index contributed by atoms with van der Waals surface area (Å²) in [5.41, 5.74) is 1.56. The fourth-order valence-electron chi connectivity index (χ4n) is 4.57. The highest BCUT2D eigenvalue weighted by molar-refractivity contribution is 5.43. The molecule has 1 N–H and O–H groups in total. The molecule has 0 saturated carbocycles. The highest BCUT2D eigenvalue weighted by Crippen LogP contribution is 2.27. The Morgan fingerprint density at radius 3 is 2.68 bits per heavy atom. The van der Waals surface area contributed by atoms with Crippen molar-refractivity contribution in [2.45, 2.75) is 64.0 Å². The van der Waals surface area contributed by atoms with E-state index in [4.69, 9.17) is 4.98 Å². The first kappa shape index (κ1) is 16.8. The minimum atomic E-state index is 0.466. The molecule has 2 saturated heterocycles. The SMILES string of the molecule is CC1=CCCC1N1CCC(Nc2nccc(N3CCCCCC3)n2)C1. The standard InChI is InChI=1S/C20H31N5/c1-16-7-6-8-18(16)25-14-10-17(15-25)22-20-21-11-9-19(23-20)24-12-4-2-3-5-13-24/h7,9,11,17-18H,2-6,8,10,12-15H2,1H3,(H,21,22,23). The maximum absolute atomic E-state index is 4.81. The molecule has 1 aromatic heterocycles. The highest BCUT2D eigenvalue weighted by atomic mass is 15.3. The Kier molecular flexibility index (Phi) is 5.20. The quantitative estimate of drug-likeness (QED) is 0.850. The van der Waals surface area contributed by atoms with E-state index in [1.807, 2.05) is 6.20 Å². The van der Waals surface area contributed by atoms with Gasteiger partial charge in [0.1, 0.15) is 5.82 Å². The molecule has 2 fully saturated rings. The zero-order valence-corrected chi connectivity index (χ0v) is 15.5. The second-order valence-electron chi connectivity index (χ2n) is 7.81. The summed E-state index contributed by atoms with van der Waals surface area (Å²) in [7, 11) is 0. The van der Waals surface area contributed by atoms with E-state index in [0.29, 0.717) is 12.1 Å². The van der Waals surface area contributed by atoms with Crippen LogP contribution < -0.4 is 10.2 Å². The molecule has 0 bridgehead atoms. The summed E-state index contributed by atoms with van der Waals surface area (Å²) in [5, 5.41) is 3.59. The van der Waals surface area contributed by atoms with Crippen molar-refractivity contribution in [1.82, 2.24) is 14.9 Å². The first-order valence-electron chi connectivity index (χ1n) is 10.0. The molecule has 3 heterocycles. The molecule has 5 nitrogen and oxygen atoms in total. The van der Waals surface area contributed by atoms with Gasteiger partial charge in [0.05, 0.1) is 0 Å². The molecule has 2 atom stereocenters. The van der Waals surface area contributed by atoms with Crippen molar-refractivity contribution in [2.24, 2.45) is 0 Å². The molecule has 136 valence electrons. The molecule has 1 aliphatic carbocycles. The topological polar surface area (TPSA) is 44.3 Å². The van der Waals surface area contributed by atoms with Gasteiger partial charge in [0.15, 0.2) is 0 Å². The largest absolute Gasteiger partial charge is 0.356 e. The van der Waals surface area contributed by atoms with Gasteiger partial charge in [-0.25, -0.2) is 4.98 Å². The van der Waals surface area contributed by atoms with Gasteiger partial charge in [-0.05, 0) is 45.1 Å². The summed E-state index contributed by atoms with van der Waals surface area (Å²) in [4.78, 5) is 14.4. The first-order chi connectivity index (χ1) is 12.3. The highest BCUT2D eigenvalue weighted by Gasteiger charge is 2.30. The van der Waals surface area contributed by atoms with Crippen LogP contribution in [0.3, 0.4) is 0 Å². The lowest BCUT2D eigenvalue weighted by Gasteiger charge is -2.25. The molecule has 1 aromatic rings. The third-order valence-electron chi connectivity index (χ3n) is 6.00. The number of likely N-dealkylation sites (tertiary alicyclic amines) is 1. The number of hydrogen-bond donors (Lipinski definition) is 1. The number of aromatic nitrogens is 2. The average molecular weight is 342 g/mol. The van der Waals surface area contributed by atoms with Gasteiger partial charge in [-0.1, -0.05) is 24.5 Å². The second-order valence-corrected chi connectivity index (χ2v) is 7.81. The van der Waals surface area contributed by atoms with Crippen LogP contribution in [0, 0.1) is 0 Å². The van der Waals surface area contributed by atoms with Crippen molar-refractivity contribution < 1.29 is 0 Å². The van der Waals surface area contributed by atoms with Crippen molar-refractivity contribution in [3.63, 3.8) is 0 Å². The molecule has 5 heteroatoms. The minimum Gasteiger partial charge on any atom is -0.356 e. The lowest BCUT2D eigenvalue weighted by Crippen LogP contribution is -2.34. The van der Waals surface area contributed by atoms with Crippen LogP contribution in [0.2, 0.25) is 0 Å². The van der Waals surface area contributed by atoms with Crippen LogP contribution >= 0.6 is 0 Å². The molecule has 25 heavy (non-hydrogen) atoms. The van der Waals surface area contributed by atoms with Gasteiger partial charge >= 0.3 is 0 Å². The van der Waals surface area contributed by atoms with Gasteiger partial charge in [-0.3, -0.25) is 4.90 Å². The zero-order valence-electron chi connectivity index (χ0n) is 15.5. The lowest BCUT2D eigenvalue weighted by atomic mass is 10.1. The summed E-state index contributed by atoms with van der Waals surface area (Å²) < 4.78 is 0. The number of allylic oxidation sites excluding steroid dienone is 1. The van der Waals surface area contributed by atoms with Crippen LogP contribution in [0.5, 0.6) is 0 Å². The molecule has 0 radical (unpaired) electrons. The Morgan fingerprint density at radius 2 is 1.92 bits per heavy atom. The van der Waals surface area contributed by atoms with Crippen LogP contribution in [0.25, 0.3) is 0 Å². The van der Waals surface area contributed by atoms with Crippen molar-refractivity contribution in [1.29, 1.82) is 0 Å². The Morgan fingerprint density at radius 1 is 1.08 bits per heavy atom. The van der Waals surface area contributed by atoms with E-state index in [0.717, 1.165) is 31.4 Å². The third-order valence-corrected chi connectivity index (χ3v) is 6.00. The number of rotatable bonds is 4. The Hall–Kier alpha value is -1.62. The molecular formula is C20H31N5. The van der Waals surface area contributed by atoms with Crippen LogP contribution in [0.15, 0.2) is 23.9 Å². The van der Waals surface area contributed by atoms with Crippen LogP contribution in [-0.4, -0.2) is 53.1 Å². The number of nitrogens with zero attached hydrogens (tertiary/aromatic N) is 4. The third kappa shape index (κ3) is 3.97. The van der Waals surface area contributed by atoms with E-state index in [1.165, 1.54) is 51.5 Å². The maximum Gasteiger partial charge on any atom is 0.224 e. The first-order valence-corrected chi connectivity index (χ1v) is 10.0. The Bertz CT molecular complexity index is 606. The Balaban J connectivity index is 1.36. The summed E-state index contributed by atoms with van der Waals surface area (Å²) in [6, 6.07) is 3.19. The van der Waals surface area contributed by atoms with E-state index in [2.05, 4.69) is 39.2 Å². The van der Waals surface area contributed by atoms with E-state index in [9.17, 15) is 0 Å². The molecule has 0 amide bonds. The van der Waals surface area contributed by atoms with Gasteiger partial charge < -0.3 is 10.2 Å².